The number of nitro benzene ring substituents is 1. The normalized spacial score (nSPS) is 10.7. The number of ether oxygens (including phenoxy) is 4. The quantitative estimate of drug-likeness (QED) is 0.197. The van der Waals surface area contributed by atoms with Crippen LogP contribution >= 0.6 is 15.9 Å². The van der Waals surface area contributed by atoms with Crippen molar-refractivity contribution in [3.8, 4) is 23.0 Å². The van der Waals surface area contributed by atoms with Gasteiger partial charge >= 0.3 is 0 Å². The molecule has 1 amide bonds. The van der Waals surface area contributed by atoms with Gasteiger partial charge in [0.2, 0.25) is 0 Å². The molecule has 0 aliphatic heterocycles. The van der Waals surface area contributed by atoms with Gasteiger partial charge in [-0.1, -0.05) is 0 Å². The van der Waals surface area contributed by atoms with Crippen molar-refractivity contribution in [3.05, 3.63) is 85.9 Å². The molecule has 36 heavy (non-hydrogen) atoms. The number of carbonyl (C=O) groups excluding carboxylic acids is 1. The van der Waals surface area contributed by atoms with Crippen molar-refractivity contribution in [2.45, 2.75) is 13.5 Å². The fraction of sp³-hybridized carbons (Fsp3) is 0.200. The highest BCUT2D eigenvalue weighted by atomic mass is 79.9. The van der Waals surface area contributed by atoms with Crippen molar-refractivity contribution < 1.29 is 28.7 Å². The van der Waals surface area contributed by atoms with Crippen molar-refractivity contribution in [2.24, 2.45) is 5.10 Å². The number of halogens is 1. The molecule has 188 valence electrons. The molecule has 0 atom stereocenters. The van der Waals surface area contributed by atoms with E-state index >= 15 is 0 Å². The summed E-state index contributed by atoms with van der Waals surface area (Å²) < 4.78 is 22.7. The van der Waals surface area contributed by atoms with Crippen LogP contribution in [0.2, 0.25) is 0 Å². The van der Waals surface area contributed by atoms with Gasteiger partial charge in [-0.2, -0.15) is 5.10 Å². The summed E-state index contributed by atoms with van der Waals surface area (Å²) in [7, 11) is 3.01. The van der Waals surface area contributed by atoms with Crippen LogP contribution in [0.25, 0.3) is 0 Å². The van der Waals surface area contributed by atoms with E-state index in [0.717, 1.165) is 5.56 Å². The lowest BCUT2D eigenvalue weighted by molar-refractivity contribution is -0.384. The van der Waals surface area contributed by atoms with E-state index in [0.29, 0.717) is 45.2 Å². The summed E-state index contributed by atoms with van der Waals surface area (Å²) in [5.41, 5.74) is 4.26. The van der Waals surface area contributed by atoms with Gasteiger partial charge in [-0.3, -0.25) is 14.9 Å². The van der Waals surface area contributed by atoms with Crippen LogP contribution in [0.3, 0.4) is 0 Å². The van der Waals surface area contributed by atoms with Crippen molar-refractivity contribution in [1.82, 2.24) is 5.43 Å². The highest BCUT2D eigenvalue weighted by Gasteiger charge is 2.14. The Morgan fingerprint density at radius 3 is 2.39 bits per heavy atom. The molecule has 0 radical (unpaired) electrons. The zero-order valence-electron chi connectivity index (χ0n) is 19.8. The standard InChI is InChI=1S/C25H24BrN3O7/c1-4-35-23-12-17(14-27-28-25(30)18-7-10-21(33-2)22(13-18)34-3)11-20(26)24(23)36-15-16-5-8-19(9-6-16)29(31)32/h5-14H,4,15H2,1-3H3,(H,28,30)/b27-14+. The molecule has 0 unspecified atom stereocenters. The number of rotatable bonds is 11. The predicted octanol–water partition coefficient (Wildman–Crippen LogP) is 5.12. The molecule has 0 saturated carbocycles. The molecule has 0 spiro atoms. The molecule has 0 aliphatic carbocycles. The zero-order valence-corrected chi connectivity index (χ0v) is 21.4. The average Bonchev–Trinajstić information content (AvgIpc) is 2.88. The molecule has 10 nitrogen and oxygen atoms in total. The number of nitrogens with one attached hydrogen (secondary N) is 1. The van der Waals surface area contributed by atoms with Gasteiger partial charge in [0.15, 0.2) is 23.0 Å². The number of hydrazone groups is 1. The Kier molecular flexibility index (Phi) is 9.23. The fourth-order valence-electron chi connectivity index (χ4n) is 3.14. The largest absolute Gasteiger partial charge is 0.493 e. The van der Waals surface area contributed by atoms with Gasteiger partial charge in [0.05, 0.1) is 36.4 Å². The Morgan fingerprint density at radius 2 is 1.75 bits per heavy atom. The highest BCUT2D eigenvalue weighted by Crippen LogP contribution is 2.37. The molecular weight excluding hydrogens is 534 g/mol. The maximum atomic E-state index is 12.5. The first-order valence-corrected chi connectivity index (χ1v) is 11.5. The first-order chi connectivity index (χ1) is 17.4. The first-order valence-electron chi connectivity index (χ1n) is 10.7. The van der Waals surface area contributed by atoms with Crippen LogP contribution in [0.4, 0.5) is 5.69 Å². The van der Waals surface area contributed by atoms with E-state index in [4.69, 9.17) is 18.9 Å². The summed E-state index contributed by atoms with van der Waals surface area (Å²) in [6, 6.07) is 14.4. The van der Waals surface area contributed by atoms with Gasteiger partial charge in [0.25, 0.3) is 11.6 Å². The summed E-state index contributed by atoms with van der Waals surface area (Å²) >= 11 is 3.49. The van der Waals surface area contributed by atoms with E-state index in [1.165, 1.54) is 32.6 Å². The molecule has 0 aromatic heterocycles. The molecule has 0 saturated heterocycles. The smallest absolute Gasteiger partial charge is 0.271 e. The number of benzene rings is 3. The van der Waals surface area contributed by atoms with Crippen molar-refractivity contribution in [2.75, 3.05) is 20.8 Å². The van der Waals surface area contributed by atoms with Crippen molar-refractivity contribution >= 4 is 33.7 Å². The monoisotopic (exact) mass is 557 g/mol. The zero-order chi connectivity index (χ0) is 26.1. The summed E-state index contributed by atoms with van der Waals surface area (Å²) in [5.74, 6) is 1.48. The molecule has 0 aliphatic rings. The molecule has 0 fully saturated rings. The second-order valence-electron chi connectivity index (χ2n) is 7.24. The van der Waals surface area contributed by atoms with Gasteiger partial charge in [-0.15, -0.1) is 0 Å². The molecule has 3 rings (SSSR count). The lowest BCUT2D eigenvalue weighted by atomic mass is 10.2. The number of non-ortho nitro benzene ring substituents is 1. The van der Waals surface area contributed by atoms with Gasteiger partial charge in [0.1, 0.15) is 6.61 Å². The fourth-order valence-corrected chi connectivity index (χ4v) is 3.72. The minimum atomic E-state index is -0.453. The van der Waals surface area contributed by atoms with Crippen LogP contribution in [0, 0.1) is 10.1 Å². The molecule has 0 heterocycles. The second kappa shape index (κ2) is 12.5. The summed E-state index contributed by atoms with van der Waals surface area (Å²) in [6.45, 7) is 2.43. The number of nitrogens with zero attached hydrogens (tertiary/aromatic N) is 2. The summed E-state index contributed by atoms with van der Waals surface area (Å²) in [4.78, 5) is 22.8. The number of carbonyl (C=O) groups is 1. The maximum absolute atomic E-state index is 12.5. The summed E-state index contributed by atoms with van der Waals surface area (Å²) in [6.07, 6.45) is 1.48. The third-order valence-corrected chi connectivity index (χ3v) is 5.48. The number of nitro groups is 1. The number of amides is 1. The van der Waals surface area contributed by atoms with Crippen LogP contribution < -0.4 is 24.4 Å². The van der Waals surface area contributed by atoms with E-state index in [2.05, 4.69) is 26.5 Å². The Labute approximate surface area is 216 Å². The average molecular weight is 558 g/mol. The third kappa shape index (κ3) is 6.72. The molecule has 3 aromatic carbocycles. The number of hydrogen-bond acceptors (Lipinski definition) is 8. The second-order valence-corrected chi connectivity index (χ2v) is 8.10. The van der Waals surface area contributed by atoms with Crippen LogP contribution in [0.1, 0.15) is 28.4 Å². The van der Waals surface area contributed by atoms with Crippen molar-refractivity contribution in [1.29, 1.82) is 0 Å². The minimum absolute atomic E-state index is 0.0109. The minimum Gasteiger partial charge on any atom is -0.493 e. The predicted molar refractivity (Wildman–Crippen MR) is 137 cm³/mol. The molecule has 3 aromatic rings. The molecular formula is C25H24BrN3O7. The topological polar surface area (TPSA) is 122 Å². The number of hydrogen-bond donors (Lipinski definition) is 1. The Morgan fingerprint density at radius 1 is 1.03 bits per heavy atom. The molecule has 0 bridgehead atoms. The van der Waals surface area contributed by atoms with Gasteiger partial charge in [0, 0.05) is 17.7 Å². The van der Waals surface area contributed by atoms with E-state index in [1.807, 2.05) is 6.92 Å². The highest BCUT2D eigenvalue weighted by molar-refractivity contribution is 9.10. The number of methoxy groups -OCH3 is 2. The lowest BCUT2D eigenvalue weighted by Gasteiger charge is -2.14. The van der Waals surface area contributed by atoms with E-state index in [1.54, 1.807) is 42.5 Å². The van der Waals surface area contributed by atoms with Crippen LogP contribution in [-0.2, 0) is 6.61 Å². The van der Waals surface area contributed by atoms with Crippen molar-refractivity contribution in [3.63, 3.8) is 0 Å². The van der Waals surface area contributed by atoms with Crippen LogP contribution in [-0.4, -0.2) is 37.9 Å². The lowest BCUT2D eigenvalue weighted by Crippen LogP contribution is -2.17. The maximum Gasteiger partial charge on any atom is 0.271 e. The molecule has 1 N–H and O–H groups in total. The Hall–Kier alpha value is -4.12. The van der Waals surface area contributed by atoms with Gasteiger partial charge in [-0.05, 0) is 76.4 Å². The van der Waals surface area contributed by atoms with Crippen LogP contribution in [0.5, 0.6) is 23.0 Å². The van der Waals surface area contributed by atoms with Gasteiger partial charge < -0.3 is 18.9 Å². The third-order valence-electron chi connectivity index (χ3n) is 4.89. The van der Waals surface area contributed by atoms with E-state index in [-0.39, 0.29) is 12.3 Å². The first kappa shape index (κ1) is 26.5. The van der Waals surface area contributed by atoms with Crippen LogP contribution in [0.15, 0.2) is 64.2 Å². The SMILES string of the molecule is CCOc1cc(/C=N/NC(=O)c2ccc(OC)c(OC)c2)cc(Br)c1OCc1ccc([N+](=O)[O-])cc1. The Bertz CT molecular complexity index is 1260. The molecule has 11 heteroatoms. The summed E-state index contributed by atoms with van der Waals surface area (Å²) in [5, 5.41) is 14.9. The van der Waals surface area contributed by atoms with Gasteiger partial charge in [-0.25, -0.2) is 5.43 Å². The van der Waals surface area contributed by atoms with E-state index in [9.17, 15) is 14.9 Å². The van der Waals surface area contributed by atoms with E-state index < -0.39 is 10.8 Å². The Balaban J connectivity index is 1.71.